The van der Waals surface area contributed by atoms with Crippen LogP contribution in [-0.2, 0) is 11.3 Å². The zero-order valence-corrected chi connectivity index (χ0v) is 15.7. The lowest BCUT2D eigenvalue weighted by atomic mass is 10.1. The molecule has 28 heavy (non-hydrogen) atoms. The summed E-state index contributed by atoms with van der Waals surface area (Å²) in [7, 11) is 0. The Morgan fingerprint density at radius 2 is 2.07 bits per heavy atom. The summed E-state index contributed by atoms with van der Waals surface area (Å²) >= 11 is 0. The molecule has 2 aliphatic heterocycles. The molecule has 1 saturated heterocycles. The lowest BCUT2D eigenvalue weighted by Crippen LogP contribution is -2.27. The zero-order chi connectivity index (χ0) is 18.8. The monoisotopic (exact) mass is 373 g/mol. The van der Waals surface area contributed by atoms with Gasteiger partial charge in [0.25, 0.3) is 0 Å². The van der Waals surface area contributed by atoms with Gasteiger partial charge < -0.3 is 15.4 Å². The van der Waals surface area contributed by atoms with Crippen molar-refractivity contribution in [2.24, 2.45) is 4.99 Å². The molecule has 5 rings (SSSR count). The Morgan fingerprint density at radius 3 is 3.00 bits per heavy atom. The topological polar surface area (TPSA) is 71.4 Å². The van der Waals surface area contributed by atoms with Crippen molar-refractivity contribution in [3.05, 3.63) is 60.0 Å². The highest BCUT2D eigenvalue weighted by atomic mass is 16.5. The second-order valence-electron chi connectivity index (χ2n) is 7.25. The first-order chi connectivity index (χ1) is 13.9. The van der Waals surface area contributed by atoms with E-state index in [2.05, 4.69) is 49.9 Å². The predicted molar refractivity (Wildman–Crippen MR) is 112 cm³/mol. The van der Waals surface area contributed by atoms with Crippen molar-refractivity contribution in [3.8, 4) is 0 Å². The predicted octanol–water partition coefficient (Wildman–Crippen LogP) is 3.98. The van der Waals surface area contributed by atoms with E-state index < -0.39 is 0 Å². The van der Waals surface area contributed by atoms with E-state index >= 15 is 0 Å². The molecule has 6 nitrogen and oxygen atoms in total. The van der Waals surface area contributed by atoms with Crippen molar-refractivity contribution in [1.82, 2.24) is 9.97 Å². The van der Waals surface area contributed by atoms with Crippen molar-refractivity contribution < 1.29 is 4.74 Å². The molecule has 2 aromatic heterocycles. The number of nitrogens with one attached hydrogen (secondary N) is 2. The average Bonchev–Trinajstić information content (AvgIpc) is 3.16. The second-order valence-corrected chi connectivity index (χ2v) is 7.25. The molecule has 0 bridgehead atoms. The number of aromatic nitrogens is 2. The van der Waals surface area contributed by atoms with E-state index in [9.17, 15) is 0 Å². The van der Waals surface area contributed by atoms with Crippen molar-refractivity contribution >= 4 is 28.1 Å². The molecule has 1 fully saturated rings. The number of benzene rings is 1. The van der Waals surface area contributed by atoms with Crippen molar-refractivity contribution in [3.63, 3.8) is 0 Å². The molecule has 4 heterocycles. The van der Waals surface area contributed by atoms with Crippen molar-refractivity contribution in [1.29, 1.82) is 0 Å². The van der Waals surface area contributed by atoms with Crippen molar-refractivity contribution in [2.75, 3.05) is 23.8 Å². The van der Waals surface area contributed by atoms with Crippen LogP contribution in [0.1, 0.15) is 30.5 Å². The summed E-state index contributed by atoms with van der Waals surface area (Å²) < 4.78 is 5.82. The Balaban J connectivity index is 1.34. The number of aliphatic imine (C=N–C) groups is 1. The van der Waals surface area contributed by atoms with Gasteiger partial charge in [-0.25, -0.2) is 4.98 Å². The van der Waals surface area contributed by atoms with Crippen LogP contribution in [0.25, 0.3) is 10.8 Å². The summed E-state index contributed by atoms with van der Waals surface area (Å²) in [5, 5.41) is 9.16. The van der Waals surface area contributed by atoms with Crippen LogP contribution in [-0.4, -0.2) is 35.1 Å². The largest absolute Gasteiger partial charge is 0.376 e. The number of rotatable bonds is 4. The smallest absolute Gasteiger partial charge is 0.135 e. The fourth-order valence-corrected chi connectivity index (χ4v) is 3.84. The summed E-state index contributed by atoms with van der Waals surface area (Å²) in [4.78, 5) is 13.5. The maximum atomic E-state index is 5.82. The normalized spacial score (nSPS) is 18.6. The first kappa shape index (κ1) is 17.1. The van der Waals surface area contributed by atoms with E-state index in [1.807, 2.05) is 24.5 Å². The van der Waals surface area contributed by atoms with Crippen LogP contribution in [0.4, 0.5) is 11.5 Å². The Labute approximate surface area is 164 Å². The highest BCUT2D eigenvalue weighted by molar-refractivity contribution is 6.11. The molecule has 2 N–H and O–H groups in total. The van der Waals surface area contributed by atoms with Gasteiger partial charge in [-0.3, -0.25) is 9.98 Å². The van der Waals surface area contributed by atoms with Gasteiger partial charge >= 0.3 is 0 Å². The molecule has 0 radical (unpaired) electrons. The minimum atomic E-state index is 0.279. The zero-order valence-electron chi connectivity index (χ0n) is 15.7. The summed E-state index contributed by atoms with van der Waals surface area (Å²) in [6, 6.07) is 12.4. The third kappa shape index (κ3) is 3.43. The molecule has 1 unspecified atom stereocenters. The second kappa shape index (κ2) is 7.56. The van der Waals surface area contributed by atoms with Crippen LogP contribution < -0.4 is 10.6 Å². The lowest BCUT2D eigenvalue weighted by molar-refractivity contribution is 0.0247. The maximum absolute atomic E-state index is 5.82. The Hall–Kier alpha value is -2.99. The quantitative estimate of drug-likeness (QED) is 0.724. The fourth-order valence-electron chi connectivity index (χ4n) is 3.84. The number of ether oxygens (including phenoxy) is 1. The van der Waals surface area contributed by atoms with Crippen LogP contribution in [0, 0.1) is 0 Å². The summed E-state index contributed by atoms with van der Waals surface area (Å²) in [5.74, 6) is 1.79. The molecule has 1 aromatic carbocycles. The summed E-state index contributed by atoms with van der Waals surface area (Å²) in [6.45, 7) is 2.30. The first-order valence-corrected chi connectivity index (χ1v) is 9.87. The van der Waals surface area contributed by atoms with E-state index in [4.69, 9.17) is 4.74 Å². The van der Waals surface area contributed by atoms with E-state index in [0.717, 1.165) is 58.9 Å². The number of pyridine rings is 2. The SMILES string of the molecule is c1cnc2c(c1)C(Nc1ccc3c(NCC4CCCCO4)nccc3c1)=NC2. The van der Waals surface area contributed by atoms with E-state index in [1.165, 1.54) is 12.8 Å². The van der Waals surface area contributed by atoms with Crippen LogP contribution in [0.2, 0.25) is 0 Å². The number of fused-ring (bicyclic) bond motifs is 2. The molecular weight excluding hydrogens is 350 g/mol. The van der Waals surface area contributed by atoms with Gasteiger partial charge in [0.2, 0.25) is 0 Å². The third-order valence-corrected chi connectivity index (χ3v) is 5.33. The van der Waals surface area contributed by atoms with E-state index in [0.29, 0.717) is 6.54 Å². The van der Waals surface area contributed by atoms with Gasteiger partial charge in [0.1, 0.15) is 11.7 Å². The van der Waals surface area contributed by atoms with Gasteiger partial charge in [-0.15, -0.1) is 0 Å². The molecular formula is C22H23N5O. The Morgan fingerprint density at radius 1 is 1.07 bits per heavy atom. The molecule has 0 aliphatic carbocycles. The van der Waals surface area contributed by atoms with Crippen LogP contribution in [0.5, 0.6) is 0 Å². The molecule has 3 aromatic rings. The van der Waals surface area contributed by atoms with Crippen molar-refractivity contribution in [2.45, 2.75) is 31.9 Å². The number of nitrogens with zero attached hydrogens (tertiary/aromatic N) is 3. The standard InChI is InChI=1S/C22H23N5O/c1-2-11-28-17(4-1)13-25-21-18-7-6-16(12-15(18)8-10-24-21)27-22-19-5-3-9-23-20(19)14-26-22/h3,5-10,12,17H,1-2,4,11,13-14H2,(H,24,25)(H,26,27). The molecule has 6 heteroatoms. The number of amidine groups is 1. The molecule has 142 valence electrons. The number of hydrogen-bond acceptors (Lipinski definition) is 6. The molecule has 1 atom stereocenters. The van der Waals surface area contributed by atoms with Gasteiger partial charge in [0, 0.05) is 42.2 Å². The number of anilines is 2. The highest BCUT2D eigenvalue weighted by Gasteiger charge is 2.17. The Kier molecular flexibility index (Phi) is 4.62. The van der Waals surface area contributed by atoms with Crippen LogP contribution >= 0.6 is 0 Å². The molecule has 2 aliphatic rings. The number of hydrogen-bond donors (Lipinski definition) is 2. The maximum Gasteiger partial charge on any atom is 0.135 e. The first-order valence-electron chi connectivity index (χ1n) is 9.87. The third-order valence-electron chi connectivity index (χ3n) is 5.33. The lowest BCUT2D eigenvalue weighted by Gasteiger charge is -2.23. The summed E-state index contributed by atoms with van der Waals surface area (Å²) in [6.07, 6.45) is 7.47. The Bertz CT molecular complexity index is 1030. The van der Waals surface area contributed by atoms with Crippen LogP contribution in [0.3, 0.4) is 0 Å². The van der Waals surface area contributed by atoms with Gasteiger partial charge in [0.05, 0.1) is 18.3 Å². The molecule has 0 saturated carbocycles. The molecule has 0 spiro atoms. The minimum Gasteiger partial charge on any atom is -0.376 e. The van der Waals surface area contributed by atoms with E-state index in [-0.39, 0.29) is 6.10 Å². The van der Waals surface area contributed by atoms with Gasteiger partial charge in [-0.05, 0) is 61.0 Å². The average molecular weight is 373 g/mol. The van der Waals surface area contributed by atoms with Crippen LogP contribution in [0.15, 0.2) is 53.8 Å². The molecule has 0 amide bonds. The fraction of sp³-hybridized carbons (Fsp3) is 0.318. The van der Waals surface area contributed by atoms with Gasteiger partial charge in [-0.1, -0.05) is 0 Å². The minimum absolute atomic E-state index is 0.279. The van der Waals surface area contributed by atoms with Gasteiger partial charge in [0.15, 0.2) is 0 Å². The van der Waals surface area contributed by atoms with E-state index in [1.54, 1.807) is 0 Å². The highest BCUT2D eigenvalue weighted by Crippen LogP contribution is 2.26. The van der Waals surface area contributed by atoms with Gasteiger partial charge in [-0.2, -0.15) is 0 Å². The summed E-state index contributed by atoms with van der Waals surface area (Å²) in [5.41, 5.74) is 3.11.